The number of benzene rings is 1. The van der Waals surface area contributed by atoms with Crippen molar-refractivity contribution < 1.29 is 9.60 Å². The maximum atomic E-state index is 13.6. The monoisotopic (exact) mass is 278 g/mol. The standard InChI is InChI=1S/C16H23FN2O/c1-15(12-18-20)7-9-16(10-8-15,19(2)3)13-5-4-6-14(17)11-13/h4-6,11-12,20H,7-10H2,1-3H3/b18-12-. The molecule has 0 aromatic heterocycles. The highest BCUT2D eigenvalue weighted by Gasteiger charge is 2.42. The quantitative estimate of drug-likeness (QED) is 0.521. The maximum Gasteiger partial charge on any atom is 0.123 e. The third-order valence-electron chi connectivity index (χ3n) is 4.81. The van der Waals surface area contributed by atoms with Crippen LogP contribution in [0.2, 0.25) is 0 Å². The minimum Gasteiger partial charge on any atom is -0.411 e. The van der Waals surface area contributed by atoms with Crippen molar-refractivity contribution in [2.45, 2.75) is 38.1 Å². The van der Waals surface area contributed by atoms with E-state index in [0.29, 0.717) is 0 Å². The molecule has 1 fully saturated rings. The Morgan fingerprint density at radius 3 is 2.40 bits per heavy atom. The fourth-order valence-corrected chi connectivity index (χ4v) is 3.28. The van der Waals surface area contributed by atoms with Crippen molar-refractivity contribution in [1.82, 2.24) is 4.90 Å². The molecule has 1 aliphatic carbocycles. The van der Waals surface area contributed by atoms with Crippen LogP contribution in [-0.2, 0) is 5.54 Å². The van der Waals surface area contributed by atoms with E-state index in [1.54, 1.807) is 18.3 Å². The molecular formula is C16H23FN2O. The highest BCUT2D eigenvalue weighted by molar-refractivity contribution is 5.64. The first-order chi connectivity index (χ1) is 9.42. The summed E-state index contributed by atoms with van der Waals surface area (Å²) in [6.07, 6.45) is 5.33. The molecule has 0 bridgehead atoms. The SMILES string of the molecule is CN(C)C1(c2cccc(F)c2)CCC(C)(/C=N\O)CC1. The Morgan fingerprint density at radius 1 is 1.25 bits per heavy atom. The van der Waals surface area contributed by atoms with Crippen LogP contribution in [0.3, 0.4) is 0 Å². The molecule has 0 spiro atoms. The Labute approximate surface area is 120 Å². The molecule has 20 heavy (non-hydrogen) atoms. The van der Waals surface area contributed by atoms with Crippen LogP contribution in [0.1, 0.15) is 38.2 Å². The minimum absolute atomic E-state index is 0.0679. The Balaban J connectivity index is 2.31. The van der Waals surface area contributed by atoms with Gasteiger partial charge in [0, 0.05) is 17.2 Å². The lowest BCUT2D eigenvalue weighted by Crippen LogP contribution is -2.46. The molecule has 0 saturated heterocycles. The van der Waals surface area contributed by atoms with Crippen LogP contribution < -0.4 is 0 Å². The molecule has 1 N–H and O–H groups in total. The normalized spacial score (nSPS) is 31.1. The van der Waals surface area contributed by atoms with E-state index in [1.165, 1.54) is 6.07 Å². The van der Waals surface area contributed by atoms with Crippen molar-refractivity contribution >= 4 is 6.21 Å². The highest BCUT2D eigenvalue weighted by atomic mass is 19.1. The van der Waals surface area contributed by atoms with Crippen molar-refractivity contribution in [3.8, 4) is 0 Å². The molecule has 0 aliphatic heterocycles. The Morgan fingerprint density at radius 2 is 1.90 bits per heavy atom. The van der Waals surface area contributed by atoms with Gasteiger partial charge in [0.2, 0.25) is 0 Å². The first kappa shape index (κ1) is 15.0. The average Bonchev–Trinajstić information content (AvgIpc) is 2.39. The molecule has 1 saturated carbocycles. The first-order valence-electron chi connectivity index (χ1n) is 7.04. The second-order valence-electron chi connectivity index (χ2n) is 6.33. The number of oxime groups is 1. The summed E-state index contributed by atoms with van der Waals surface area (Å²) in [5.41, 5.74) is 0.831. The molecule has 0 heterocycles. The van der Waals surface area contributed by atoms with Gasteiger partial charge < -0.3 is 5.21 Å². The molecule has 0 amide bonds. The molecule has 0 radical (unpaired) electrons. The van der Waals surface area contributed by atoms with Crippen LogP contribution >= 0.6 is 0 Å². The van der Waals surface area contributed by atoms with Crippen molar-refractivity contribution in [3.05, 3.63) is 35.6 Å². The van der Waals surface area contributed by atoms with E-state index >= 15 is 0 Å². The zero-order valence-corrected chi connectivity index (χ0v) is 12.4. The van der Waals surface area contributed by atoms with Crippen molar-refractivity contribution in [2.75, 3.05) is 14.1 Å². The topological polar surface area (TPSA) is 35.8 Å². The van der Waals surface area contributed by atoms with E-state index < -0.39 is 0 Å². The number of halogens is 1. The van der Waals surface area contributed by atoms with Gasteiger partial charge >= 0.3 is 0 Å². The number of nitrogens with zero attached hydrogens (tertiary/aromatic N) is 2. The highest BCUT2D eigenvalue weighted by Crippen LogP contribution is 2.47. The summed E-state index contributed by atoms with van der Waals surface area (Å²) in [6.45, 7) is 2.11. The molecule has 1 aromatic carbocycles. The van der Waals surface area contributed by atoms with Crippen LogP contribution in [0.5, 0.6) is 0 Å². The minimum atomic E-state index is -0.186. The van der Waals surface area contributed by atoms with Gasteiger partial charge in [-0.1, -0.05) is 19.1 Å². The van der Waals surface area contributed by atoms with Crippen LogP contribution in [0.15, 0.2) is 29.4 Å². The number of hydrogen-bond acceptors (Lipinski definition) is 3. The molecule has 4 heteroatoms. The van der Waals surface area contributed by atoms with E-state index in [9.17, 15) is 4.39 Å². The molecule has 2 rings (SSSR count). The molecule has 3 nitrogen and oxygen atoms in total. The van der Waals surface area contributed by atoms with E-state index in [2.05, 4.69) is 17.0 Å². The fourth-order valence-electron chi connectivity index (χ4n) is 3.28. The predicted molar refractivity (Wildman–Crippen MR) is 78.6 cm³/mol. The summed E-state index contributed by atoms with van der Waals surface area (Å²) in [7, 11) is 4.10. The summed E-state index contributed by atoms with van der Waals surface area (Å²) < 4.78 is 13.6. The van der Waals surface area contributed by atoms with Gasteiger partial charge in [0.25, 0.3) is 0 Å². The molecule has 1 aromatic rings. The molecule has 1 aliphatic rings. The maximum absolute atomic E-state index is 13.6. The van der Waals surface area contributed by atoms with Crippen molar-refractivity contribution in [3.63, 3.8) is 0 Å². The molecule has 110 valence electrons. The fraction of sp³-hybridized carbons (Fsp3) is 0.562. The van der Waals surface area contributed by atoms with Gasteiger partial charge in [-0.25, -0.2) is 4.39 Å². The summed E-state index contributed by atoms with van der Waals surface area (Å²) >= 11 is 0. The summed E-state index contributed by atoms with van der Waals surface area (Å²) in [5, 5.41) is 12.0. The van der Waals surface area contributed by atoms with E-state index in [-0.39, 0.29) is 16.8 Å². The van der Waals surface area contributed by atoms with E-state index in [0.717, 1.165) is 31.2 Å². The number of hydrogen-bond donors (Lipinski definition) is 1. The molecular weight excluding hydrogens is 255 g/mol. The average molecular weight is 278 g/mol. The van der Waals surface area contributed by atoms with Crippen LogP contribution in [-0.4, -0.2) is 30.4 Å². The summed E-state index contributed by atoms with van der Waals surface area (Å²) in [5.74, 6) is -0.186. The molecule has 0 unspecified atom stereocenters. The lowest BCUT2D eigenvalue weighted by Gasteiger charge is -2.48. The zero-order chi connectivity index (χ0) is 14.8. The third-order valence-corrected chi connectivity index (χ3v) is 4.81. The second-order valence-corrected chi connectivity index (χ2v) is 6.33. The van der Waals surface area contributed by atoms with Gasteiger partial charge in [-0.15, -0.1) is 5.16 Å². The van der Waals surface area contributed by atoms with Gasteiger partial charge in [-0.05, 0) is 57.5 Å². The van der Waals surface area contributed by atoms with Crippen molar-refractivity contribution in [2.24, 2.45) is 10.6 Å². The van der Waals surface area contributed by atoms with Crippen LogP contribution in [0.4, 0.5) is 4.39 Å². The zero-order valence-electron chi connectivity index (χ0n) is 12.4. The van der Waals surface area contributed by atoms with E-state index in [4.69, 9.17) is 5.21 Å². The predicted octanol–water partition coefficient (Wildman–Crippen LogP) is 3.62. The van der Waals surface area contributed by atoms with Gasteiger partial charge in [-0.3, -0.25) is 4.90 Å². The second kappa shape index (κ2) is 5.52. The Hall–Kier alpha value is -1.42. The first-order valence-corrected chi connectivity index (χ1v) is 7.04. The number of rotatable bonds is 3. The third kappa shape index (κ3) is 2.70. The smallest absolute Gasteiger partial charge is 0.123 e. The largest absolute Gasteiger partial charge is 0.411 e. The Bertz CT molecular complexity index is 491. The summed E-state index contributed by atoms with van der Waals surface area (Å²) in [4.78, 5) is 2.19. The lowest BCUT2D eigenvalue weighted by atomic mass is 9.66. The van der Waals surface area contributed by atoms with Gasteiger partial charge in [0.05, 0.1) is 0 Å². The van der Waals surface area contributed by atoms with Gasteiger partial charge in [0.15, 0.2) is 0 Å². The molecule has 0 atom stereocenters. The summed E-state index contributed by atoms with van der Waals surface area (Å²) in [6, 6.07) is 6.91. The van der Waals surface area contributed by atoms with Crippen LogP contribution in [0, 0.1) is 11.2 Å². The lowest BCUT2D eigenvalue weighted by molar-refractivity contribution is 0.0667. The van der Waals surface area contributed by atoms with Crippen molar-refractivity contribution in [1.29, 1.82) is 0 Å². The Kier molecular flexibility index (Phi) is 4.14. The van der Waals surface area contributed by atoms with Crippen LogP contribution in [0.25, 0.3) is 0 Å². The van der Waals surface area contributed by atoms with E-state index in [1.807, 2.05) is 20.2 Å². The van der Waals surface area contributed by atoms with Gasteiger partial charge in [-0.2, -0.15) is 0 Å². The van der Waals surface area contributed by atoms with Gasteiger partial charge in [0.1, 0.15) is 5.82 Å².